The Morgan fingerprint density at radius 2 is 2.14 bits per heavy atom. The lowest BCUT2D eigenvalue weighted by Gasteiger charge is -2.07. The molecule has 0 fully saturated rings. The number of anilines is 2. The van der Waals surface area contributed by atoms with Crippen LogP contribution in [0.2, 0.25) is 0 Å². The highest BCUT2D eigenvalue weighted by atomic mass is 15.3. The van der Waals surface area contributed by atoms with Crippen LogP contribution in [0.5, 0.6) is 0 Å². The zero-order valence-electron chi connectivity index (χ0n) is 7.86. The fourth-order valence-corrected chi connectivity index (χ4v) is 1.76. The number of fused-ring (bicyclic) bond motifs is 3. The van der Waals surface area contributed by atoms with Crippen LogP contribution in [0.25, 0.3) is 10.9 Å². The summed E-state index contributed by atoms with van der Waals surface area (Å²) in [5.74, 6) is 0.934. The van der Waals surface area contributed by atoms with Crippen molar-refractivity contribution in [3.05, 3.63) is 24.3 Å². The Bertz CT molecular complexity index is 494. The minimum Gasteiger partial charge on any atom is -0.364 e. The topological polar surface area (TPSA) is 41.0 Å². The van der Waals surface area contributed by atoms with Crippen molar-refractivity contribution in [2.24, 2.45) is 0 Å². The van der Waals surface area contributed by atoms with Crippen LogP contribution in [-0.4, -0.2) is 23.9 Å². The van der Waals surface area contributed by atoms with Crippen LogP contribution in [0.3, 0.4) is 0 Å². The van der Waals surface area contributed by atoms with E-state index in [9.17, 15) is 0 Å². The number of hydrogen-bond acceptors (Lipinski definition) is 4. The van der Waals surface area contributed by atoms with E-state index in [0.29, 0.717) is 0 Å². The molecule has 4 nitrogen and oxygen atoms in total. The quantitative estimate of drug-likeness (QED) is 0.676. The molecule has 1 aromatic carbocycles. The minimum atomic E-state index is 0.804. The summed E-state index contributed by atoms with van der Waals surface area (Å²) in [5, 5.41) is 12.8. The maximum Gasteiger partial charge on any atom is 0.176 e. The third-order valence-corrected chi connectivity index (χ3v) is 2.50. The molecule has 1 aliphatic rings. The number of nitrogens with zero attached hydrogens (tertiary/aromatic N) is 3. The van der Waals surface area contributed by atoms with Crippen molar-refractivity contribution >= 4 is 22.4 Å². The number of aromatic nitrogens is 2. The fraction of sp³-hybridized carbons (Fsp3) is 0.200. The molecule has 2 heterocycles. The van der Waals surface area contributed by atoms with Crippen LogP contribution in [0, 0.1) is 0 Å². The fourth-order valence-electron chi connectivity index (χ4n) is 1.76. The Morgan fingerprint density at radius 3 is 3.07 bits per heavy atom. The second-order valence-corrected chi connectivity index (χ2v) is 3.45. The van der Waals surface area contributed by atoms with Gasteiger partial charge in [0.1, 0.15) is 0 Å². The van der Waals surface area contributed by atoms with E-state index in [2.05, 4.69) is 26.5 Å². The van der Waals surface area contributed by atoms with Crippen LogP contribution in [-0.2, 0) is 0 Å². The molecule has 1 N–H and O–H groups in total. The van der Waals surface area contributed by atoms with Crippen molar-refractivity contribution in [2.45, 2.75) is 0 Å². The standard InChI is InChI=1S/C10H10N4/c1-14-6-11-9-7-4-2-3-5-8(7)12-13-10(9)14/h2-5,11H,6H2,1H3. The average molecular weight is 186 g/mol. The Labute approximate surface area is 81.6 Å². The normalized spacial score (nSPS) is 14.2. The van der Waals surface area contributed by atoms with Crippen LogP contribution in [0.1, 0.15) is 0 Å². The Balaban J connectivity index is 2.38. The van der Waals surface area contributed by atoms with E-state index in [1.807, 2.05) is 25.2 Å². The van der Waals surface area contributed by atoms with E-state index in [-0.39, 0.29) is 0 Å². The lowest BCUT2D eigenvalue weighted by molar-refractivity contribution is 0.967. The summed E-state index contributed by atoms with van der Waals surface area (Å²) >= 11 is 0. The molecule has 0 spiro atoms. The summed E-state index contributed by atoms with van der Waals surface area (Å²) in [6, 6.07) is 8.03. The minimum absolute atomic E-state index is 0.804. The van der Waals surface area contributed by atoms with Gasteiger partial charge in [-0.3, -0.25) is 0 Å². The van der Waals surface area contributed by atoms with Crippen LogP contribution < -0.4 is 10.2 Å². The summed E-state index contributed by atoms with van der Waals surface area (Å²) in [5.41, 5.74) is 2.03. The molecule has 70 valence electrons. The summed E-state index contributed by atoms with van der Waals surface area (Å²) in [7, 11) is 2.00. The molecule has 3 rings (SSSR count). The molecule has 0 atom stereocenters. The SMILES string of the molecule is CN1CNc2c1nnc1ccccc21. The molecule has 0 saturated carbocycles. The van der Waals surface area contributed by atoms with Crippen LogP contribution in [0.4, 0.5) is 11.5 Å². The van der Waals surface area contributed by atoms with E-state index in [1.54, 1.807) is 0 Å². The van der Waals surface area contributed by atoms with Gasteiger partial charge in [0, 0.05) is 12.4 Å². The molecule has 0 radical (unpaired) electrons. The lowest BCUT2D eigenvalue weighted by Crippen LogP contribution is -2.16. The maximum absolute atomic E-state index is 4.18. The van der Waals surface area contributed by atoms with Gasteiger partial charge in [0.15, 0.2) is 5.82 Å². The molecule has 14 heavy (non-hydrogen) atoms. The predicted molar refractivity (Wildman–Crippen MR) is 56.4 cm³/mol. The summed E-state index contributed by atoms with van der Waals surface area (Å²) in [6.07, 6.45) is 0. The highest BCUT2D eigenvalue weighted by Gasteiger charge is 2.19. The third kappa shape index (κ3) is 0.878. The summed E-state index contributed by atoms with van der Waals surface area (Å²) in [4.78, 5) is 2.05. The molecular formula is C10H10N4. The molecule has 1 aliphatic heterocycles. The smallest absolute Gasteiger partial charge is 0.176 e. The first-order valence-corrected chi connectivity index (χ1v) is 4.57. The number of rotatable bonds is 0. The van der Waals surface area contributed by atoms with Gasteiger partial charge in [0.2, 0.25) is 0 Å². The highest BCUT2D eigenvalue weighted by molar-refractivity contribution is 5.97. The van der Waals surface area contributed by atoms with Gasteiger partial charge < -0.3 is 10.2 Å². The monoisotopic (exact) mass is 186 g/mol. The molecule has 4 heteroatoms. The second-order valence-electron chi connectivity index (χ2n) is 3.45. The van der Waals surface area contributed by atoms with Gasteiger partial charge >= 0.3 is 0 Å². The first-order chi connectivity index (χ1) is 6.86. The average Bonchev–Trinajstić information content (AvgIpc) is 2.61. The van der Waals surface area contributed by atoms with Gasteiger partial charge in [0.25, 0.3) is 0 Å². The molecule has 1 aromatic heterocycles. The second kappa shape index (κ2) is 2.57. The first kappa shape index (κ1) is 7.55. The van der Waals surface area contributed by atoms with Crippen LogP contribution in [0.15, 0.2) is 24.3 Å². The number of hydrogen-bond donors (Lipinski definition) is 1. The molecule has 2 aromatic rings. The van der Waals surface area contributed by atoms with Crippen LogP contribution >= 0.6 is 0 Å². The zero-order valence-corrected chi connectivity index (χ0v) is 7.86. The summed E-state index contributed by atoms with van der Waals surface area (Å²) < 4.78 is 0. The number of nitrogens with one attached hydrogen (secondary N) is 1. The first-order valence-electron chi connectivity index (χ1n) is 4.57. The van der Waals surface area contributed by atoms with E-state index in [4.69, 9.17) is 0 Å². The Morgan fingerprint density at radius 1 is 1.29 bits per heavy atom. The lowest BCUT2D eigenvalue weighted by atomic mass is 10.2. The molecular weight excluding hydrogens is 176 g/mol. The maximum atomic E-state index is 4.18. The Kier molecular flexibility index (Phi) is 1.39. The largest absolute Gasteiger partial charge is 0.364 e. The summed E-state index contributed by atoms with van der Waals surface area (Å²) in [6.45, 7) is 0.804. The molecule has 0 bridgehead atoms. The van der Waals surface area contributed by atoms with Crippen molar-refractivity contribution in [3.63, 3.8) is 0 Å². The van der Waals surface area contributed by atoms with Crippen molar-refractivity contribution in [1.82, 2.24) is 10.2 Å². The molecule has 0 amide bonds. The molecule has 0 saturated heterocycles. The van der Waals surface area contributed by atoms with Crippen molar-refractivity contribution < 1.29 is 0 Å². The zero-order chi connectivity index (χ0) is 9.54. The Hall–Kier alpha value is -1.84. The van der Waals surface area contributed by atoms with Gasteiger partial charge in [-0.05, 0) is 6.07 Å². The van der Waals surface area contributed by atoms with Gasteiger partial charge in [-0.25, -0.2) is 0 Å². The number of benzene rings is 1. The van der Waals surface area contributed by atoms with Crippen molar-refractivity contribution in [3.8, 4) is 0 Å². The molecule has 0 aliphatic carbocycles. The van der Waals surface area contributed by atoms with Gasteiger partial charge in [-0.1, -0.05) is 18.2 Å². The third-order valence-electron chi connectivity index (χ3n) is 2.50. The predicted octanol–water partition coefficient (Wildman–Crippen LogP) is 1.45. The molecule has 0 unspecified atom stereocenters. The van der Waals surface area contributed by atoms with Crippen molar-refractivity contribution in [2.75, 3.05) is 23.9 Å². The van der Waals surface area contributed by atoms with Gasteiger partial charge in [0.05, 0.1) is 17.9 Å². The van der Waals surface area contributed by atoms with E-state index in [1.165, 1.54) is 0 Å². The van der Waals surface area contributed by atoms with Gasteiger partial charge in [-0.15, -0.1) is 10.2 Å². The van der Waals surface area contributed by atoms with E-state index >= 15 is 0 Å². The van der Waals surface area contributed by atoms with Gasteiger partial charge in [-0.2, -0.15) is 0 Å². The van der Waals surface area contributed by atoms with E-state index in [0.717, 1.165) is 29.1 Å². The van der Waals surface area contributed by atoms with E-state index < -0.39 is 0 Å². The highest BCUT2D eigenvalue weighted by Crippen LogP contribution is 2.33. The van der Waals surface area contributed by atoms with Crippen molar-refractivity contribution in [1.29, 1.82) is 0 Å².